The van der Waals surface area contributed by atoms with E-state index < -0.39 is 0 Å². The van der Waals surface area contributed by atoms with Crippen molar-refractivity contribution in [2.75, 3.05) is 41.4 Å². The number of rotatable bonds is 10. The molecule has 0 bridgehead atoms. The molecule has 2 N–H and O–H groups in total. The minimum Gasteiger partial charge on any atom is -0.493 e. The Hall–Kier alpha value is -3.22. The number of nitrogens with one attached hydrogen (secondary N) is 2. The third kappa shape index (κ3) is 7.51. The molecule has 2 aromatic carbocycles. The molecule has 1 amide bonds. The molecule has 2 rings (SSSR count). The Kier molecular flexibility index (Phi) is 9.68. The van der Waals surface area contributed by atoms with Gasteiger partial charge in [0.05, 0.1) is 13.7 Å². The zero-order valence-electron chi connectivity index (χ0n) is 19.2. The van der Waals surface area contributed by atoms with E-state index in [0.29, 0.717) is 18.7 Å². The third-order valence-corrected chi connectivity index (χ3v) is 4.75. The smallest absolute Gasteiger partial charge is 0.253 e. The van der Waals surface area contributed by atoms with Crippen LogP contribution >= 0.6 is 0 Å². The summed E-state index contributed by atoms with van der Waals surface area (Å²) in [5.74, 6) is 2.29. The van der Waals surface area contributed by atoms with Crippen molar-refractivity contribution in [2.45, 2.75) is 26.3 Å². The molecule has 0 atom stereocenters. The first-order valence-corrected chi connectivity index (χ1v) is 10.5. The van der Waals surface area contributed by atoms with Gasteiger partial charge in [-0.2, -0.15) is 0 Å². The first-order chi connectivity index (χ1) is 15.0. The van der Waals surface area contributed by atoms with Gasteiger partial charge in [0.2, 0.25) is 0 Å². The van der Waals surface area contributed by atoms with Crippen LogP contribution in [0.3, 0.4) is 0 Å². The van der Waals surface area contributed by atoms with Crippen LogP contribution < -0.4 is 20.1 Å². The van der Waals surface area contributed by atoms with E-state index in [2.05, 4.69) is 21.7 Å². The van der Waals surface area contributed by atoms with Gasteiger partial charge in [0.15, 0.2) is 17.5 Å². The van der Waals surface area contributed by atoms with E-state index in [1.54, 1.807) is 33.2 Å². The van der Waals surface area contributed by atoms with E-state index in [0.717, 1.165) is 42.4 Å². The van der Waals surface area contributed by atoms with E-state index in [1.807, 2.05) is 43.3 Å². The highest BCUT2D eigenvalue weighted by Gasteiger charge is 2.08. The fourth-order valence-corrected chi connectivity index (χ4v) is 3.07. The highest BCUT2D eigenvalue weighted by atomic mass is 16.5. The molecular weight excluding hydrogens is 392 g/mol. The molecule has 0 saturated heterocycles. The number of nitrogens with zero attached hydrogens (tertiary/aromatic N) is 2. The van der Waals surface area contributed by atoms with Crippen LogP contribution in [0.1, 0.15) is 34.8 Å². The summed E-state index contributed by atoms with van der Waals surface area (Å²) >= 11 is 0. The van der Waals surface area contributed by atoms with Gasteiger partial charge in [0.1, 0.15) is 0 Å². The number of amides is 1. The van der Waals surface area contributed by atoms with Gasteiger partial charge in [-0.3, -0.25) is 9.79 Å². The molecule has 0 heterocycles. The van der Waals surface area contributed by atoms with Gasteiger partial charge >= 0.3 is 0 Å². The predicted molar refractivity (Wildman–Crippen MR) is 125 cm³/mol. The number of guanidine groups is 1. The van der Waals surface area contributed by atoms with Gasteiger partial charge in [0, 0.05) is 39.8 Å². The molecule has 0 spiro atoms. The molecular formula is C24H34N4O3. The van der Waals surface area contributed by atoms with Gasteiger partial charge in [-0.05, 0) is 55.2 Å². The van der Waals surface area contributed by atoms with Gasteiger partial charge in [-0.25, -0.2) is 0 Å². The number of carbonyl (C=O) groups is 1. The Balaban J connectivity index is 1.78. The highest BCUT2D eigenvalue weighted by Crippen LogP contribution is 2.28. The summed E-state index contributed by atoms with van der Waals surface area (Å²) in [5.41, 5.74) is 2.98. The molecule has 0 aliphatic rings. The zero-order valence-corrected chi connectivity index (χ0v) is 19.2. The van der Waals surface area contributed by atoms with Crippen molar-refractivity contribution in [3.63, 3.8) is 0 Å². The Morgan fingerprint density at radius 3 is 2.35 bits per heavy atom. The Bertz CT molecular complexity index is 864. The maximum atomic E-state index is 12.0. The number of ether oxygens (including phenoxy) is 2. The van der Waals surface area contributed by atoms with E-state index in [9.17, 15) is 4.79 Å². The minimum absolute atomic E-state index is 0.00206. The maximum absolute atomic E-state index is 12.0. The zero-order chi connectivity index (χ0) is 22.6. The molecule has 0 saturated carbocycles. The quantitative estimate of drug-likeness (QED) is 0.347. The summed E-state index contributed by atoms with van der Waals surface area (Å²) in [7, 11) is 6.91. The van der Waals surface area contributed by atoms with Crippen LogP contribution in [0, 0.1) is 0 Å². The average molecular weight is 427 g/mol. The number of aliphatic imine (C=N–C) groups is 1. The highest BCUT2D eigenvalue weighted by molar-refractivity contribution is 5.93. The number of hydrogen-bond donors (Lipinski definition) is 2. The van der Waals surface area contributed by atoms with Gasteiger partial charge in [-0.15, -0.1) is 0 Å². The molecule has 7 heteroatoms. The molecule has 0 unspecified atom stereocenters. The van der Waals surface area contributed by atoms with Crippen molar-refractivity contribution in [1.29, 1.82) is 0 Å². The molecule has 0 fully saturated rings. The fourth-order valence-electron chi connectivity index (χ4n) is 3.07. The van der Waals surface area contributed by atoms with E-state index in [-0.39, 0.29) is 5.91 Å². The van der Waals surface area contributed by atoms with Crippen LogP contribution in [0.25, 0.3) is 0 Å². The van der Waals surface area contributed by atoms with Crippen LogP contribution in [0.5, 0.6) is 11.5 Å². The predicted octanol–water partition coefficient (Wildman–Crippen LogP) is 3.09. The average Bonchev–Trinajstić information content (AvgIpc) is 2.78. The Labute approximate surface area is 185 Å². The molecule has 0 radical (unpaired) electrons. The molecule has 2 aromatic rings. The van der Waals surface area contributed by atoms with Gasteiger partial charge in [0.25, 0.3) is 5.91 Å². The topological polar surface area (TPSA) is 75.2 Å². The number of hydrogen-bond acceptors (Lipinski definition) is 4. The lowest BCUT2D eigenvalue weighted by molar-refractivity contribution is 0.0827. The fraction of sp³-hybridized carbons (Fsp3) is 0.417. The van der Waals surface area contributed by atoms with E-state index >= 15 is 0 Å². The van der Waals surface area contributed by atoms with Gasteiger partial charge in [-0.1, -0.05) is 18.2 Å². The second-order valence-electron chi connectivity index (χ2n) is 7.27. The minimum atomic E-state index is 0.00206. The molecule has 31 heavy (non-hydrogen) atoms. The van der Waals surface area contributed by atoms with Crippen molar-refractivity contribution in [1.82, 2.24) is 15.5 Å². The molecule has 0 aliphatic heterocycles. The standard InChI is InChI=1S/C24H34N4O3/c1-6-31-22-16-18(11-14-21(22)30-5)8-7-15-26-24(25-2)27-17-19-9-12-20(13-10-19)23(29)28(3)4/h9-14,16H,6-8,15,17H2,1-5H3,(H2,25,26,27). The normalized spacial score (nSPS) is 11.1. The lowest BCUT2D eigenvalue weighted by atomic mass is 10.1. The van der Waals surface area contributed by atoms with Gasteiger partial charge < -0.3 is 25.0 Å². The van der Waals surface area contributed by atoms with Crippen LogP contribution in [0.15, 0.2) is 47.5 Å². The van der Waals surface area contributed by atoms with Crippen molar-refractivity contribution < 1.29 is 14.3 Å². The van der Waals surface area contributed by atoms with E-state index in [1.165, 1.54) is 5.56 Å². The number of methoxy groups -OCH3 is 1. The summed E-state index contributed by atoms with van der Waals surface area (Å²) in [6.45, 7) is 4.00. The monoisotopic (exact) mass is 426 g/mol. The maximum Gasteiger partial charge on any atom is 0.253 e. The Morgan fingerprint density at radius 2 is 1.74 bits per heavy atom. The van der Waals surface area contributed by atoms with Crippen LogP contribution in [0.2, 0.25) is 0 Å². The second-order valence-corrected chi connectivity index (χ2v) is 7.27. The number of aryl methyl sites for hydroxylation is 1. The Morgan fingerprint density at radius 1 is 1.03 bits per heavy atom. The van der Waals surface area contributed by atoms with Crippen molar-refractivity contribution in [3.05, 3.63) is 59.2 Å². The molecule has 7 nitrogen and oxygen atoms in total. The third-order valence-electron chi connectivity index (χ3n) is 4.75. The molecule has 168 valence electrons. The lowest BCUT2D eigenvalue weighted by Gasteiger charge is -2.14. The summed E-state index contributed by atoms with van der Waals surface area (Å²) in [6.07, 6.45) is 1.88. The van der Waals surface area contributed by atoms with Crippen molar-refractivity contribution in [2.24, 2.45) is 4.99 Å². The number of carbonyl (C=O) groups excluding carboxylic acids is 1. The number of benzene rings is 2. The SMILES string of the molecule is CCOc1cc(CCCNC(=NC)NCc2ccc(C(=O)N(C)C)cc2)ccc1OC. The van der Waals surface area contributed by atoms with E-state index in [4.69, 9.17) is 9.47 Å². The summed E-state index contributed by atoms with van der Waals surface area (Å²) in [6, 6.07) is 13.7. The first kappa shape index (κ1) is 24.1. The first-order valence-electron chi connectivity index (χ1n) is 10.5. The largest absolute Gasteiger partial charge is 0.493 e. The van der Waals surface area contributed by atoms with Crippen LogP contribution in [-0.2, 0) is 13.0 Å². The van der Waals surface area contributed by atoms with Crippen LogP contribution in [-0.4, -0.2) is 58.2 Å². The van der Waals surface area contributed by atoms with Crippen LogP contribution in [0.4, 0.5) is 0 Å². The van der Waals surface area contributed by atoms with Crippen molar-refractivity contribution in [3.8, 4) is 11.5 Å². The molecule has 0 aromatic heterocycles. The second kappa shape index (κ2) is 12.5. The molecule has 0 aliphatic carbocycles. The lowest BCUT2D eigenvalue weighted by Crippen LogP contribution is -2.37. The summed E-state index contributed by atoms with van der Waals surface area (Å²) < 4.78 is 11.0. The summed E-state index contributed by atoms with van der Waals surface area (Å²) in [4.78, 5) is 17.8. The van der Waals surface area contributed by atoms with Crippen molar-refractivity contribution >= 4 is 11.9 Å². The summed E-state index contributed by atoms with van der Waals surface area (Å²) in [5, 5.41) is 6.64.